The van der Waals surface area contributed by atoms with Crippen molar-refractivity contribution in [3.63, 3.8) is 0 Å². The molecule has 2 aromatic carbocycles. The largest absolute Gasteiger partial charge is 0.480 e. The van der Waals surface area contributed by atoms with E-state index in [2.05, 4.69) is 10.3 Å². The first-order valence-corrected chi connectivity index (χ1v) is 9.45. The van der Waals surface area contributed by atoms with Crippen LogP contribution in [0.1, 0.15) is 16.8 Å². The summed E-state index contributed by atoms with van der Waals surface area (Å²) in [5.41, 5.74) is 1.91. The number of aromatic nitrogens is 2. The molecule has 31 heavy (non-hydrogen) atoms. The van der Waals surface area contributed by atoms with Crippen molar-refractivity contribution in [3.05, 3.63) is 90.0 Å². The molecule has 3 rings (SSSR count). The molecular formula is C22H21N3O6. The number of nitrogens with zero attached hydrogens (tertiary/aromatic N) is 2. The van der Waals surface area contributed by atoms with Gasteiger partial charge < -0.3 is 19.9 Å². The Morgan fingerprint density at radius 3 is 2.10 bits per heavy atom. The molecule has 9 heteroatoms. The molecule has 3 aromatic rings. The minimum absolute atomic E-state index is 0.0148. The number of aliphatic carboxylic acids is 1. The summed E-state index contributed by atoms with van der Waals surface area (Å²) in [5.74, 6) is -1.25. The molecule has 0 saturated carbocycles. The van der Waals surface area contributed by atoms with Gasteiger partial charge in [0, 0.05) is 12.6 Å². The van der Waals surface area contributed by atoms with Crippen LogP contribution >= 0.6 is 0 Å². The number of ether oxygens (including phenoxy) is 2. The molecule has 1 unspecified atom stereocenters. The van der Waals surface area contributed by atoms with Crippen molar-refractivity contribution in [2.45, 2.75) is 25.7 Å². The Hall–Kier alpha value is -4.14. The highest BCUT2D eigenvalue weighted by Gasteiger charge is 2.23. The van der Waals surface area contributed by atoms with E-state index in [-0.39, 0.29) is 19.6 Å². The molecule has 9 nitrogen and oxygen atoms in total. The minimum Gasteiger partial charge on any atom is -0.480 e. The molecule has 160 valence electrons. The van der Waals surface area contributed by atoms with Gasteiger partial charge in [0.15, 0.2) is 0 Å². The number of rotatable bonds is 8. The molecule has 1 atom stereocenters. The van der Waals surface area contributed by atoms with Crippen LogP contribution in [0.15, 0.2) is 73.2 Å². The van der Waals surface area contributed by atoms with Gasteiger partial charge in [-0.2, -0.15) is 0 Å². The van der Waals surface area contributed by atoms with Crippen molar-refractivity contribution >= 4 is 18.2 Å². The lowest BCUT2D eigenvalue weighted by Gasteiger charge is -2.13. The number of carboxylic acid groups (broad SMARTS) is 1. The molecular weight excluding hydrogens is 402 g/mol. The number of nitrogens with one attached hydrogen (secondary N) is 1. The fraction of sp³-hybridized carbons (Fsp3) is 0.182. The summed E-state index contributed by atoms with van der Waals surface area (Å²) < 4.78 is 11.4. The molecule has 0 aliphatic heterocycles. The third-order valence-electron chi connectivity index (χ3n) is 4.27. The molecule has 0 radical (unpaired) electrons. The Bertz CT molecular complexity index is 1020. The molecule has 1 aromatic heterocycles. The quantitative estimate of drug-likeness (QED) is 0.571. The number of hydrogen-bond acceptors (Lipinski definition) is 6. The summed E-state index contributed by atoms with van der Waals surface area (Å²) >= 11 is 0. The van der Waals surface area contributed by atoms with E-state index in [9.17, 15) is 19.5 Å². The summed E-state index contributed by atoms with van der Waals surface area (Å²) in [5, 5.41) is 11.7. The van der Waals surface area contributed by atoms with E-state index < -0.39 is 24.2 Å². The van der Waals surface area contributed by atoms with Gasteiger partial charge in [0.25, 0.3) is 0 Å². The smallest absolute Gasteiger partial charge is 0.419 e. The maximum atomic E-state index is 12.1. The first kappa shape index (κ1) is 21.6. The number of alkyl carbamates (subject to hydrolysis) is 1. The second kappa shape index (κ2) is 10.6. The third-order valence-corrected chi connectivity index (χ3v) is 4.27. The van der Waals surface area contributed by atoms with Gasteiger partial charge in [-0.3, -0.25) is 0 Å². The zero-order valence-electron chi connectivity index (χ0n) is 16.5. The summed E-state index contributed by atoms with van der Waals surface area (Å²) in [6, 6.07) is 16.9. The minimum atomic E-state index is -1.27. The average molecular weight is 423 g/mol. The zero-order valence-corrected chi connectivity index (χ0v) is 16.5. The molecule has 1 amide bonds. The normalized spacial score (nSPS) is 11.4. The van der Waals surface area contributed by atoms with Crippen LogP contribution in [0.2, 0.25) is 0 Å². The molecule has 1 heterocycles. The predicted molar refractivity (Wildman–Crippen MR) is 109 cm³/mol. The molecule has 0 aliphatic carbocycles. The Balaban J connectivity index is 1.51. The Morgan fingerprint density at radius 1 is 0.935 bits per heavy atom. The van der Waals surface area contributed by atoms with Gasteiger partial charge >= 0.3 is 18.2 Å². The highest BCUT2D eigenvalue weighted by Crippen LogP contribution is 2.06. The summed E-state index contributed by atoms with van der Waals surface area (Å²) in [4.78, 5) is 39.6. The molecule has 0 aliphatic rings. The highest BCUT2D eigenvalue weighted by atomic mass is 16.6. The number of benzene rings is 2. The highest BCUT2D eigenvalue weighted by molar-refractivity contribution is 5.80. The summed E-state index contributed by atoms with van der Waals surface area (Å²) in [6.07, 6.45) is 0.951. The van der Waals surface area contributed by atoms with Crippen molar-refractivity contribution in [2.24, 2.45) is 0 Å². The number of carbonyl (C=O) groups excluding carboxylic acids is 2. The number of imidazole rings is 1. The van der Waals surface area contributed by atoms with Gasteiger partial charge in [0.2, 0.25) is 0 Å². The van der Waals surface area contributed by atoms with Crippen LogP contribution in [-0.2, 0) is 33.9 Å². The van der Waals surface area contributed by atoms with E-state index in [4.69, 9.17) is 9.47 Å². The summed E-state index contributed by atoms with van der Waals surface area (Å²) in [6.45, 7) is 0.112. The Kier molecular flexibility index (Phi) is 7.36. The van der Waals surface area contributed by atoms with Gasteiger partial charge in [0.05, 0.1) is 5.69 Å². The van der Waals surface area contributed by atoms with E-state index in [0.717, 1.165) is 15.7 Å². The molecule has 0 spiro atoms. The SMILES string of the molecule is O=C(NC(Cc1cn(C(=O)OCc2ccccc2)cn1)C(=O)O)OCc1ccccc1. The van der Waals surface area contributed by atoms with Crippen LogP contribution in [0.4, 0.5) is 9.59 Å². The van der Waals surface area contributed by atoms with E-state index in [1.165, 1.54) is 12.5 Å². The zero-order chi connectivity index (χ0) is 22.1. The maximum absolute atomic E-state index is 12.1. The number of hydrogen-bond donors (Lipinski definition) is 2. The summed E-state index contributed by atoms with van der Waals surface area (Å²) in [7, 11) is 0. The lowest BCUT2D eigenvalue weighted by molar-refractivity contribution is -0.139. The molecule has 0 fully saturated rings. The van der Waals surface area contributed by atoms with Crippen LogP contribution in [0.25, 0.3) is 0 Å². The van der Waals surface area contributed by atoms with Crippen LogP contribution in [0.3, 0.4) is 0 Å². The fourth-order valence-corrected chi connectivity index (χ4v) is 2.68. The van der Waals surface area contributed by atoms with E-state index in [1.54, 1.807) is 24.3 Å². The Morgan fingerprint density at radius 2 is 1.52 bits per heavy atom. The topological polar surface area (TPSA) is 120 Å². The van der Waals surface area contributed by atoms with Crippen LogP contribution in [-0.4, -0.2) is 38.9 Å². The first-order chi connectivity index (χ1) is 15.0. The fourth-order valence-electron chi connectivity index (χ4n) is 2.68. The van der Waals surface area contributed by atoms with Gasteiger partial charge in [-0.1, -0.05) is 60.7 Å². The average Bonchev–Trinajstić information content (AvgIpc) is 3.26. The lowest BCUT2D eigenvalue weighted by Crippen LogP contribution is -2.42. The third kappa shape index (κ3) is 6.70. The monoisotopic (exact) mass is 423 g/mol. The lowest BCUT2D eigenvalue weighted by atomic mass is 10.2. The van der Waals surface area contributed by atoms with E-state index in [0.29, 0.717) is 5.69 Å². The van der Waals surface area contributed by atoms with Gasteiger partial charge in [-0.05, 0) is 11.1 Å². The number of amides is 1. The van der Waals surface area contributed by atoms with E-state index >= 15 is 0 Å². The van der Waals surface area contributed by atoms with Crippen LogP contribution in [0.5, 0.6) is 0 Å². The van der Waals surface area contributed by atoms with E-state index in [1.807, 2.05) is 36.4 Å². The predicted octanol–water partition coefficient (Wildman–Crippen LogP) is 2.99. The van der Waals surface area contributed by atoms with Gasteiger partial charge in [-0.15, -0.1) is 0 Å². The van der Waals surface area contributed by atoms with Crippen molar-refractivity contribution in [1.82, 2.24) is 14.9 Å². The van der Waals surface area contributed by atoms with Gasteiger partial charge in [0.1, 0.15) is 25.6 Å². The standard InChI is InChI=1S/C22H21N3O6/c26-20(27)19(24-21(28)30-13-16-7-3-1-4-8-16)11-18-12-25(15-23-18)22(29)31-14-17-9-5-2-6-10-17/h1-10,12,15,19H,11,13-14H2,(H,24,28)(H,26,27). The second-order valence-corrected chi connectivity index (χ2v) is 6.61. The van der Waals surface area contributed by atoms with Crippen molar-refractivity contribution in [2.75, 3.05) is 0 Å². The second-order valence-electron chi connectivity index (χ2n) is 6.61. The van der Waals surface area contributed by atoms with Crippen LogP contribution in [0, 0.1) is 0 Å². The first-order valence-electron chi connectivity index (χ1n) is 9.45. The molecule has 2 N–H and O–H groups in total. The molecule has 0 bridgehead atoms. The van der Waals surface area contributed by atoms with Crippen molar-refractivity contribution in [1.29, 1.82) is 0 Å². The number of carbonyl (C=O) groups is 3. The maximum Gasteiger partial charge on any atom is 0.419 e. The van der Waals surface area contributed by atoms with Crippen molar-refractivity contribution < 1.29 is 29.0 Å². The Labute approximate surface area is 178 Å². The van der Waals surface area contributed by atoms with Crippen LogP contribution < -0.4 is 5.32 Å². The van der Waals surface area contributed by atoms with Gasteiger partial charge in [-0.25, -0.2) is 23.9 Å². The molecule has 0 saturated heterocycles. The number of carboxylic acids is 1. The van der Waals surface area contributed by atoms with Crippen molar-refractivity contribution in [3.8, 4) is 0 Å².